The molecule has 0 aliphatic rings. The summed E-state index contributed by atoms with van der Waals surface area (Å²) in [6.45, 7) is 0. The minimum Gasteiger partial charge on any atom is -0.385 e. The lowest BCUT2D eigenvalue weighted by molar-refractivity contribution is -0.132. The highest BCUT2D eigenvalue weighted by Crippen LogP contribution is 2.21. The molecule has 0 aromatic heterocycles. The van der Waals surface area contributed by atoms with Gasteiger partial charge in [-0.15, -0.1) is 0 Å². The number of amides is 1. The Hall–Kier alpha value is -1.97. The van der Waals surface area contributed by atoms with E-state index < -0.39 is 23.9 Å². The summed E-state index contributed by atoms with van der Waals surface area (Å²) in [7, 11) is 0. The molecule has 5 nitrogen and oxygen atoms in total. The van der Waals surface area contributed by atoms with E-state index in [-0.39, 0.29) is 11.1 Å². The lowest BCUT2D eigenvalue weighted by Gasteiger charge is -2.15. The van der Waals surface area contributed by atoms with Gasteiger partial charge in [-0.05, 0) is 18.2 Å². The van der Waals surface area contributed by atoms with Crippen molar-refractivity contribution in [1.82, 2.24) is 0 Å². The lowest BCUT2D eigenvalue weighted by atomic mass is 10.0. The topological polar surface area (TPSA) is 107 Å². The number of primary amides is 1. The van der Waals surface area contributed by atoms with Gasteiger partial charge in [-0.3, -0.25) is 4.79 Å². The molecular weight excluding hydrogens is 215 g/mol. The van der Waals surface area contributed by atoms with Gasteiger partial charge in [0.2, 0.25) is 5.91 Å². The number of hydrogen-bond donors (Lipinski definition) is 3. The Morgan fingerprint density at radius 1 is 1.50 bits per heavy atom. The molecule has 16 heavy (non-hydrogen) atoms. The Bertz CT molecular complexity index is 456. The Kier molecular flexibility index (Phi) is 3.55. The molecule has 0 saturated heterocycles. The Morgan fingerprint density at radius 2 is 2.12 bits per heavy atom. The van der Waals surface area contributed by atoms with Crippen LogP contribution < -0.4 is 5.73 Å². The highest BCUT2D eigenvalue weighted by atomic mass is 19.1. The summed E-state index contributed by atoms with van der Waals surface area (Å²) in [5.41, 5.74) is 4.52. The maximum Gasteiger partial charge on any atom is 0.249 e. The first kappa shape index (κ1) is 12.1. The van der Waals surface area contributed by atoms with Crippen molar-refractivity contribution in [1.29, 1.82) is 5.26 Å². The largest absolute Gasteiger partial charge is 0.385 e. The van der Waals surface area contributed by atoms with Gasteiger partial charge in [-0.1, -0.05) is 0 Å². The predicted octanol–water partition coefficient (Wildman–Crippen LogP) is -0.423. The zero-order chi connectivity index (χ0) is 12.3. The first-order valence-corrected chi connectivity index (χ1v) is 4.32. The van der Waals surface area contributed by atoms with E-state index in [2.05, 4.69) is 0 Å². The number of aliphatic hydroxyl groups is 2. The molecule has 0 aliphatic heterocycles. The van der Waals surface area contributed by atoms with Crippen LogP contribution in [0.3, 0.4) is 0 Å². The molecule has 0 spiro atoms. The molecule has 1 rings (SSSR count). The van der Waals surface area contributed by atoms with Crippen LogP contribution in [0.15, 0.2) is 18.2 Å². The number of rotatable bonds is 3. The maximum absolute atomic E-state index is 13.2. The molecule has 1 aromatic rings. The molecule has 4 N–H and O–H groups in total. The van der Waals surface area contributed by atoms with Crippen LogP contribution in [0.1, 0.15) is 17.2 Å². The molecule has 0 bridgehead atoms. The van der Waals surface area contributed by atoms with Crippen molar-refractivity contribution in [2.24, 2.45) is 5.73 Å². The highest BCUT2D eigenvalue weighted by molar-refractivity contribution is 5.79. The van der Waals surface area contributed by atoms with Crippen LogP contribution in [0.2, 0.25) is 0 Å². The molecular formula is C10H9FN2O3. The molecule has 2 atom stereocenters. The van der Waals surface area contributed by atoms with Crippen molar-refractivity contribution in [2.45, 2.75) is 12.2 Å². The summed E-state index contributed by atoms with van der Waals surface area (Å²) >= 11 is 0. The van der Waals surface area contributed by atoms with E-state index in [0.29, 0.717) is 0 Å². The molecule has 1 aromatic carbocycles. The van der Waals surface area contributed by atoms with Crippen molar-refractivity contribution < 1.29 is 19.4 Å². The van der Waals surface area contributed by atoms with Crippen LogP contribution in [0.4, 0.5) is 4.39 Å². The van der Waals surface area contributed by atoms with E-state index in [0.717, 1.165) is 12.1 Å². The van der Waals surface area contributed by atoms with Crippen LogP contribution >= 0.6 is 0 Å². The summed E-state index contributed by atoms with van der Waals surface area (Å²) in [4.78, 5) is 10.6. The van der Waals surface area contributed by atoms with Crippen LogP contribution in [0, 0.1) is 17.1 Å². The second kappa shape index (κ2) is 4.70. The van der Waals surface area contributed by atoms with Crippen LogP contribution in [-0.4, -0.2) is 22.2 Å². The zero-order valence-corrected chi connectivity index (χ0v) is 8.09. The standard InChI is InChI=1S/C10H9FN2O3/c11-7-2-1-5(4-12)3-6(7)8(14)9(15)10(13)16/h1-3,8-9,14-15H,(H2,13,16). The second-order valence-electron chi connectivity index (χ2n) is 3.14. The van der Waals surface area contributed by atoms with Crippen LogP contribution in [0.5, 0.6) is 0 Å². The quantitative estimate of drug-likeness (QED) is 0.647. The maximum atomic E-state index is 13.2. The van der Waals surface area contributed by atoms with Gasteiger partial charge in [0, 0.05) is 5.56 Å². The minimum atomic E-state index is -1.91. The van der Waals surface area contributed by atoms with Crippen LogP contribution in [-0.2, 0) is 4.79 Å². The first-order chi connectivity index (χ1) is 7.47. The van der Waals surface area contributed by atoms with Gasteiger partial charge in [0.05, 0.1) is 11.6 Å². The number of halogens is 1. The fourth-order valence-corrected chi connectivity index (χ4v) is 1.17. The van der Waals surface area contributed by atoms with Gasteiger partial charge in [-0.2, -0.15) is 5.26 Å². The molecule has 0 radical (unpaired) electrons. The fourth-order valence-electron chi connectivity index (χ4n) is 1.17. The van der Waals surface area contributed by atoms with Crippen molar-refractivity contribution >= 4 is 5.91 Å². The smallest absolute Gasteiger partial charge is 0.249 e. The van der Waals surface area contributed by atoms with E-state index >= 15 is 0 Å². The van der Waals surface area contributed by atoms with E-state index in [9.17, 15) is 14.3 Å². The first-order valence-electron chi connectivity index (χ1n) is 4.32. The molecule has 6 heteroatoms. The number of aliphatic hydroxyl groups excluding tert-OH is 2. The number of nitrogens with zero attached hydrogens (tertiary/aromatic N) is 1. The number of nitrogens with two attached hydrogens (primary N) is 1. The number of carbonyl (C=O) groups excluding carboxylic acids is 1. The van der Waals surface area contributed by atoms with Crippen molar-refractivity contribution in [3.63, 3.8) is 0 Å². The van der Waals surface area contributed by atoms with Gasteiger partial charge >= 0.3 is 0 Å². The van der Waals surface area contributed by atoms with E-state index in [1.54, 1.807) is 6.07 Å². The molecule has 0 heterocycles. The molecule has 84 valence electrons. The third-order valence-electron chi connectivity index (χ3n) is 2.03. The normalized spacial score (nSPS) is 13.9. The summed E-state index contributed by atoms with van der Waals surface area (Å²) in [6, 6.07) is 4.96. The number of carbonyl (C=O) groups is 1. The fraction of sp³-hybridized carbons (Fsp3) is 0.200. The zero-order valence-electron chi connectivity index (χ0n) is 8.09. The SMILES string of the molecule is N#Cc1ccc(F)c(C(O)C(O)C(N)=O)c1. The average Bonchev–Trinajstić information content (AvgIpc) is 2.27. The Labute approximate surface area is 90.5 Å². The van der Waals surface area contributed by atoms with Gasteiger partial charge in [-0.25, -0.2) is 4.39 Å². The van der Waals surface area contributed by atoms with E-state index in [1.165, 1.54) is 6.07 Å². The van der Waals surface area contributed by atoms with E-state index in [4.69, 9.17) is 16.1 Å². The van der Waals surface area contributed by atoms with Gasteiger partial charge < -0.3 is 15.9 Å². The Morgan fingerprint density at radius 3 is 2.62 bits per heavy atom. The van der Waals surface area contributed by atoms with Crippen LogP contribution in [0.25, 0.3) is 0 Å². The summed E-state index contributed by atoms with van der Waals surface area (Å²) in [6.07, 6.45) is -3.70. The number of benzene rings is 1. The third-order valence-corrected chi connectivity index (χ3v) is 2.03. The molecule has 0 aliphatic carbocycles. The molecule has 0 saturated carbocycles. The van der Waals surface area contributed by atoms with Gasteiger partial charge in [0.1, 0.15) is 11.9 Å². The Balaban J connectivity index is 3.12. The van der Waals surface area contributed by atoms with Crippen molar-refractivity contribution in [3.8, 4) is 6.07 Å². The number of nitriles is 1. The highest BCUT2D eigenvalue weighted by Gasteiger charge is 2.26. The second-order valence-corrected chi connectivity index (χ2v) is 3.14. The summed E-state index contributed by atoms with van der Waals surface area (Å²) in [5.74, 6) is -2.00. The molecule has 1 amide bonds. The van der Waals surface area contributed by atoms with E-state index in [1.807, 2.05) is 0 Å². The summed E-state index contributed by atoms with van der Waals surface area (Å²) < 4.78 is 13.2. The minimum absolute atomic E-state index is 0.104. The summed E-state index contributed by atoms with van der Waals surface area (Å²) in [5, 5.41) is 27.2. The monoisotopic (exact) mass is 224 g/mol. The molecule has 0 fully saturated rings. The lowest BCUT2D eigenvalue weighted by Crippen LogP contribution is -2.34. The number of hydrogen-bond acceptors (Lipinski definition) is 4. The molecule has 2 unspecified atom stereocenters. The van der Waals surface area contributed by atoms with Gasteiger partial charge in [0.25, 0.3) is 0 Å². The average molecular weight is 224 g/mol. The van der Waals surface area contributed by atoms with Crippen molar-refractivity contribution in [2.75, 3.05) is 0 Å². The van der Waals surface area contributed by atoms with Crippen molar-refractivity contribution in [3.05, 3.63) is 35.1 Å². The third kappa shape index (κ3) is 2.34. The predicted molar refractivity (Wildman–Crippen MR) is 51.3 cm³/mol. The van der Waals surface area contributed by atoms with Gasteiger partial charge in [0.15, 0.2) is 6.10 Å².